The first-order valence-electron chi connectivity index (χ1n) is 5.73. The second-order valence-corrected chi connectivity index (χ2v) is 5.62. The van der Waals surface area contributed by atoms with Gasteiger partial charge < -0.3 is 5.73 Å². The van der Waals surface area contributed by atoms with E-state index in [4.69, 9.17) is 11.1 Å². The minimum atomic E-state index is -3.79. The highest BCUT2D eigenvalue weighted by atomic mass is 32.2. The Morgan fingerprint density at radius 3 is 2.39 bits per heavy atom. The monoisotopic (exact) mass is 269 g/mol. The van der Waals surface area contributed by atoms with Crippen LogP contribution < -0.4 is 5.73 Å². The lowest BCUT2D eigenvalue weighted by Gasteiger charge is -2.06. The van der Waals surface area contributed by atoms with Crippen LogP contribution in [0.5, 0.6) is 0 Å². The molecule has 1 rings (SSSR count). The van der Waals surface area contributed by atoms with Crippen molar-refractivity contribution in [3.05, 3.63) is 34.9 Å². The molecule has 7 heteroatoms. The Morgan fingerprint density at radius 2 is 1.94 bits per heavy atom. The minimum Gasteiger partial charge on any atom is -0.330 e. The Bertz CT molecular complexity index is 519. The van der Waals surface area contributed by atoms with Gasteiger partial charge in [-0.25, -0.2) is 0 Å². The van der Waals surface area contributed by atoms with Gasteiger partial charge in [0.2, 0.25) is 0 Å². The molecule has 0 saturated carbocycles. The molecule has 98 valence electrons. The molecule has 18 heavy (non-hydrogen) atoms. The summed E-state index contributed by atoms with van der Waals surface area (Å²) >= 11 is 0. The van der Waals surface area contributed by atoms with Gasteiger partial charge in [-0.05, 0) is 37.1 Å². The van der Waals surface area contributed by atoms with Crippen LogP contribution in [0.25, 0.3) is 5.08 Å². The van der Waals surface area contributed by atoms with Gasteiger partial charge in [0.05, 0.1) is 9.31 Å². The van der Waals surface area contributed by atoms with Gasteiger partial charge in [-0.15, -0.1) is 0 Å². The number of nitrogens with two attached hydrogens (primary N) is 1. The number of nitrogens with zero attached hydrogens (tertiary/aromatic N) is 3. The number of aryl methyl sites for hydroxylation is 1. The first-order chi connectivity index (χ1) is 8.56. The van der Waals surface area contributed by atoms with Crippen LogP contribution in [0.4, 0.5) is 0 Å². The molecule has 6 nitrogen and oxygen atoms in total. The van der Waals surface area contributed by atoms with Crippen molar-refractivity contribution in [2.24, 2.45) is 5.73 Å². The van der Waals surface area contributed by atoms with Gasteiger partial charge in [0.25, 0.3) is 5.39 Å². The van der Waals surface area contributed by atoms with E-state index >= 15 is 0 Å². The number of rotatable bonds is 6. The number of sulfonamides is 1. The predicted molar refractivity (Wildman–Crippen MR) is 68.5 cm³/mol. The Morgan fingerprint density at radius 1 is 1.33 bits per heavy atom. The molecule has 1 aromatic rings. The highest BCUT2D eigenvalue weighted by Crippen LogP contribution is 2.17. The van der Waals surface area contributed by atoms with Crippen LogP contribution in [0.2, 0.25) is 0 Å². The van der Waals surface area contributed by atoms with E-state index in [1.54, 1.807) is 12.1 Å². The minimum absolute atomic E-state index is 0.0604. The molecule has 0 aliphatic heterocycles. The van der Waals surface area contributed by atoms with E-state index in [2.05, 4.69) is 5.08 Å². The SMILES string of the molecule is CCc1ccc(S(=O)(=O)N(CCCN)[N+]#N)cc1. The molecule has 0 radical (unpaired) electrons. The summed E-state index contributed by atoms with van der Waals surface area (Å²) in [5.74, 6) is 0. The Hall–Kier alpha value is -1.65. The quantitative estimate of drug-likeness (QED) is 0.623. The van der Waals surface area contributed by atoms with Crippen LogP contribution in [0, 0.1) is 5.39 Å². The first kappa shape index (κ1) is 14.4. The largest absolute Gasteiger partial charge is 0.330 e. The second-order valence-electron chi connectivity index (χ2n) is 3.78. The van der Waals surface area contributed by atoms with Crippen molar-refractivity contribution >= 4 is 10.0 Å². The molecule has 0 unspecified atom stereocenters. The average Bonchev–Trinajstić information content (AvgIpc) is 2.39. The topological polar surface area (TPSA) is 91.6 Å². The van der Waals surface area contributed by atoms with Crippen molar-refractivity contribution in [2.75, 3.05) is 13.1 Å². The Balaban J connectivity index is 3.00. The smallest absolute Gasteiger partial charge is 0.326 e. The van der Waals surface area contributed by atoms with Gasteiger partial charge in [-0.3, -0.25) is 0 Å². The number of hydrogen-bond acceptors (Lipinski definition) is 4. The Kier molecular flexibility index (Phi) is 5.07. The van der Waals surface area contributed by atoms with Crippen LogP contribution >= 0.6 is 0 Å². The fourth-order valence-corrected chi connectivity index (χ4v) is 2.65. The lowest BCUT2D eigenvalue weighted by atomic mass is 10.2. The summed E-state index contributed by atoms with van der Waals surface area (Å²) in [6, 6.07) is 6.50. The molecule has 0 bridgehead atoms. The van der Waals surface area contributed by atoms with Crippen LogP contribution in [-0.4, -0.2) is 25.9 Å². The summed E-state index contributed by atoms with van der Waals surface area (Å²) < 4.78 is 24.9. The van der Waals surface area contributed by atoms with E-state index < -0.39 is 10.0 Å². The van der Waals surface area contributed by atoms with Crippen molar-refractivity contribution in [3.63, 3.8) is 0 Å². The molecule has 0 saturated heterocycles. The number of benzene rings is 1. The number of diazo groups is 1. The summed E-state index contributed by atoms with van der Waals surface area (Å²) in [6.45, 7) is 2.38. The molecule has 0 aliphatic rings. The molecule has 0 heterocycles. The second kappa shape index (κ2) is 6.33. The van der Waals surface area contributed by atoms with Gasteiger partial charge in [0, 0.05) is 0 Å². The fourth-order valence-electron chi connectivity index (χ4n) is 1.46. The van der Waals surface area contributed by atoms with E-state index in [0.717, 1.165) is 12.0 Å². The molecule has 2 N–H and O–H groups in total. The van der Waals surface area contributed by atoms with E-state index in [1.807, 2.05) is 6.92 Å². The zero-order chi connectivity index (χ0) is 13.6. The van der Waals surface area contributed by atoms with Gasteiger partial charge in [-0.1, -0.05) is 19.1 Å². The van der Waals surface area contributed by atoms with Crippen LogP contribution in [-0.2, 0) is 16.4 Å². The summed E-state index contributed by atoms with van der Waals surface area (Å²) in [5, 5.41) is 11.6. The van der Waals surface area contributed by atoms with Crippen molar-refractivity contribution in [1.82, 2.24) is 4.41 Å². The molecule has 0 amide bonds. The van der Waals surface area contributed by atoms with E-state index in [1.165, 1.54) is 12.1 Å². The third-order valence-corrected chi connectivity index (χ3v) is 4.24. The van der Waals surface area contributed by atoms with Gasteiger partial charge in [0.15, 0.2) is 0 Å². The third kappa shape index (κ3) is 3.18. The first-order valence-corrected chi connectivity index (χ1v) is 7.17. The lowest BCUT2D eigenvalue weighted by molar-refractivity contribution is 0.482. The lowest BCUT2D eigenvalue weighted by Crippen LogP contribution is -2.26. The molecule has 0 aliphatic carbocycles. The summed E-state index contributed by atoms with van der Waals surface area (Å²) in [7, 11) is -3.79. The molecular formula is C11H17N4O2S+. The van der Waals surface area contributed by atoms with Crippen molar-refractivity contribution in [1.29, 1.82) is 5.39 Å². The van der Waals surface area contributed by atoms with Crippen LogP contribution in [0.15, 0.2) is 29.2 Å². The van der Waals surface area contributed by atoms with Crippen LogP contribution in [0.1, 0.15) is 18.9 Å². The maximum atomic E-state index is 12.1. The number of hydrogen-bond donors (Lipinski definition) is 1. The molecular weight excluding hydrogens is 252 g/mol. The van der Waals surface area contributed by atoms with Crippen molar-refractivity contribution in [2.45, 2.75) is 24.7 Å². The van der Waals surface area contributed by atoms with Gasteiger partial charge in [0.1, 0.15) is 6.54 Å². The normalized spacial score (nSPS) is 10.9. The Labute approximate surface area is 107 Å². The van der Waals surface area contributed by atoms with Crippen molar-refractivity contribution < 1.29 is 8.42 Å². The van der Waals surface area contributed by atoms with Gasteiger partial charge in [-0.2, -0.15) is 8.42 Å². The zero-order valence-electron chi connectivity index (χ0n) is 10.3. The summed E-state index contributed by atoms with van der Waals surface area (Å²) in [6.07, 6.45) is 1.26. The third-order valence-electron chi connectivity index (χ3n) is 2.56. The fraction of sp³-hybridized carbons (Fsp3) is 0.455. The highest BCUT2D eigenvalue weighted by molar-refractivity contribution is 7.89. The van der Waals surface area contributed by atoms with Gasteiger partial charge >= 0.3 is 15.1 Å². The van der Waals surface area contributed by atoms with E-state index in [9.17, 15) is 8.42 Å². The molecule has 0 fully saturated rings. The zero-order valence-corrected chi connectivity index (χ0v) is 11.1. The molecule has 1 aromatic carbocycles. The maximum absolute atomic E-state index is 12.1. The average molecular weight is 269 g/mol. The highest BCUT2D eigenvalue weighted by Gasteiger charge is 2.32. The summed E-state index contributed by atoms with van der Waals surface area (Å²) in [4.78, 5) is 0.106. The molecule has 0 spiro atoms. The van der Waals surface area contributed by atoms with Crippen LogP contribution in [0.3, 0.4) is 0 Å². The predicted octanol–water partition coefficient (Wildman–Crippen LogP) is 1.36. The van der Waals surface area contributed by atoms with E-state index in [-0.39, 0.29) is 11.4 Å². The van der Waals surface area contributed by atoms with Crippen molar-refractivity contribution in [3.8, 4) is 0 Å². The molecule has 0 aromatic heterocycles. The maximum Gasteiger partial charge on any atom is 0.326 e. The standard InChI is InChI=1S/C11H17N4O2S/c1-2-10-4-6-11(7-5-10)18(16,17)15(14-13)9-3-8-12/h4-7H,2-3,8-9,12H2,1H3/q+1. The van der Waals surface area contributed by atoms with E-state index in [0.29, 0.717) is 17.4 Å². The summed E-state index contributed by atoms with van der Waals surface area (Å²) in [5.41, 5.74) is 6.35. The molecule has 0 atom stereocenters.